The van der Waals surface area contributed by atoms with Gasteiger partial charge in [0.05, 0.1) is 30.9 Å². The fourth-order valence-corrected chi connectivity index (χ4v) is 2.35. The third kappa shape index (κ3) is 2.78. The standard InChI is InChI=1S/C13H14N4O5/c18-11(19)2-1-8-5-9-6-16(3-4-17(9)15-8)13-14-10(7-22-13)12(20)21/h5,7H,1-4,6H2,(H,18,19)(H,20,21). The molecule has 2 N–H and O–H groups in total. The molecule has 3 rings (SSSR count). The molecule has 0 atom stereocenters. The Morgan fingerprint density at radius 1 is 1.32 bits per heavy atom. The first-order valence-electron chi connectivity index (χ1n) is 6.74. The van der Waals surface area contributed by atoms with Crippen LogP contribution in [0.15, 0.2) is 16.7 Å². The normalized spacial score (nSPS) is 13.9. The van der Waals surface area contributed by atoms with E-state index >= 15 is 0 Å². The zero-order valence-corrected chi connectivity index (χ0v) is 11.6. The lowest BCUT2D eigenvalue weighted by molar-refractivity contribution is -0.136. The molecule has 2 aromatic heterocycles. The summed E-state index contributed by atoms with van der Waals surface area (Å²) in [7, 11) is 0. The molecule has 0 aliphatic carbocycles. The Balaban J connectivity index is 1.72. The van der Waals surface area contributed by atoms with E-state index in [0.29, 0.717) is 26.1 Å². The second kappa shape index (κ2) is 5.51. The molecule has 1 aliphatic heterocycles. The van der Waals surface area contributed by atoms with Gasteiger partial charge in [-0.05, 0) is 6.07 Å². The van der Waals surface area contributed by atoms with Crippen LogP contribution in [0.4, 0.5) is 6.01 Å². The first-order chi connectivity index (χ1) is 10.5. The topological polar surface area (TPSA) is 122 Å². The average molecular weight is 306 g/mol. The van der Waals surface area contributed by atoms with Crippen molar-refractivity contribution in [2.75, 3.05) is 11.4 Å². The highest BCUT2D eigenvalue weighted by Gasteiger charge is 2.23. The minimum Gasteiger partial charge on any atom is -0.481 e. The Morgan fingerprint density at radius 3 is 2.82 bits per heavy atom. The molecule has 22 heavy (non-hydrogen) atoms. The number of aromatic carboxylic acids is 1. The quantitative estimate of drug-likeness (QED) is 0.823. The minimum atomic E-state index is -1.13. The third-order valence-corrected chi connectivity index (χ3v) is 3.43. The second-order valence-corrected chi connectivity index (χ2v) is 4.99. The van der Waals surface area contributed by atoms with Gasteiger partial charge in [0.1, 0.15) is 6.26 Å². The zero-order chi connectivity index (χ0) is 15.7. The van der Waals surface area contributed by atoms with Gasteiger partial charge in [-0.25, -0.2) is 4.79 Å². The van der Waals surface area contributed by atoms with Gasteiger partial charge >= 0.3 is 11.9 Å². The summed E-state index contributed by atoms with van der Waals surface area (Å²) < 4.78 is 7.02. The molecule has 2 aromatic rings. The second-order valence-electron chi connectivity index (χ2n) is 4.99. The largest absolute Gasteiger partial charge is 0.481 e. The van der Waals surface area contributed by atoms with Crippen LogP contribution in [-0.4, -0.2) is 43.5 Å². The molecule has 0 radical (unpaired) electrons. The fraction of sp³-hybridized carbons (Fsp3) is 0.385. The van der Waals surface area contributed by atoms with Gasteiger partial charge < -0.3 is 19.5 Å². The van der Waals surface area contributed by atoms with Crippen LogP contribution in [0.2, 0.25) is 0 Å². The maximum atomic E-state index is 10.8. The van der Waals surface area contributed by atoms with Gasteiger partial charge in [0.25, 0.3) is 6.01 Å². The van der Waals surface area contributed by atoms with Crippen molar-refractivity contribution in [2.24, 2.45) is 0 Å². The molecule has 0 saturated carbocycles. The van der Waals surface area contributed by atoms with Crippen molar-refractivity contribution >= 4 is 18.0 Å². The van der Waals surface area contributed by atoms with Crippen LogP contribution in [-0.2, 0) is 24.3 Å². The predicted molar refractivity (Wildman–Crippen MR) is 72.7 cm³/mol. The predicted octanol–water partition coefficient (Wildman–Crippen LogP) is 0.607. The highest BCUT2D eigenvalue weighted by atomic mass is 16.4. The Morgan fingerprint density at radius 2 is 2.14 bits per heavy atom. The lowest BCUT2D eigenvalue weighted by Crippen LogP contribution is -2.34. The van der Waals surface area contributed by atoms with E-state index in [-0.39, 0.29) is 18.1 Å². The van der Waals surface area contributed by atoms with Crippen LogP contribution in [0.25, 0.3) is 0 Å². The number of carboxylic acid groups (broad SMARTS) is 2. The van der Waals surface area contributed by atoms with E-state index in [9.17, 15) is 9.59 Å². The monoisotopic (exact) mass is 306 g/mol. The molecule has 116 valence electrons. The zero-order valence-electron chi connectivity index (χ0n) is 11.6. The summed E-state index contributed by atoms with van der Waals surface area (Å²) in [5, 5.41) is 21.9. The number of carboxylic acids is 2. The maximum absolute atomic E-state index is 10.8. The van der Waals surface area contributed by atoms with Crippen LogP contribution in [0.5, 0.6) is 0 Å². The Hall–Kier alpha value is -2.84. The number of aromatic nitrogens is 3. The Bertz CT molecular complexity index is 720. The third-order valence-electron chi connectivity index (χ3n) is 3.43. The number of nitrogens with zero attached hydrogens (tertiary/aromatic N) is 4. The molecule has 0 aromatic carbocycles. The van der Waals surface area contributed by atoms with E-state index in [1.807, 2.05) is 15.6 Å². The molecule has 0 amide bonds. The summed E-state index contributed by atoms with van der Waals surface area (Å²) in [5.41, 5.74) is 1.52. The van der Waals surface area contributed by atoms with Crippen molar-refractivity contribution < 1.29 is 24.2 Å². The molecular formula is C13H14N4O5. The summed E-state index contributed by atoms with van der Waals surface area (Å²) in [6.45, 7) is 1.68. The van der Waals surface area contributed by atoms with Gasteiger partial charge in [-0.3, -0.25) is 9.48 Å². The fourth-order valence-electron chi connectivity index (χ4n) is 2.35. The molecule has 1 aliphatic rings. The van der Waals surface area contributed by atoms with Crippen molar-refractivity contribution in [1.82, 2.24) is 14.8 Å². The van der Waals surface area contributed by atoms with Gasteiger partial charge in [-0.2, -0.15) is 10.1 Å². The molecule has 9 heteroatoms. The van der Waals surface area contributed by atoms with E-state index in [2.05, 4.69) is 10.1 Å². The van der Waals surface area contributed by atoms with Crippen molar-refractivity contribution in [1.29, 1.82) is 0 Å². The lowest BCUT2D eigenvalue weighted by atomic mass is 10.2. The highest BCUT2D eigenvalue weighted by Crippen LogP contribution is 2.21. The first-order valence-corrected chi connectivity index (χ1v) is 6.74. The molecular weight excluding hydrogens is 292 g/mol. The van der Waals surface area contributed by atoms with Crippen molar-refractivity contribution in [2.45, 2.75) is 25.9 Å². The van der Waals surface area contributed by atoms with E-state index in [1.165, 1.54) is 0 Å². The summed E-state index contributed by atoms with van der Waals surface area (Å²) in [4.78, 5) is 27.2. The number of hydrogen-bond donors (Lipinski definition) is 2. The number of fused-ring (bicyclic) bond motifs is 1. The number of rotatable bonds is 5. The Labute approximate surface area is 124 Å². The summed E-state index contributed by atoms with van der Waals surface area (Å²) in [5.74, 6) is -1.98. The van der Waals surface area contributed by atoms with Crippen molar-refractivity contribution in [3.63, 3.8) is 0 Å². The number of carbonyl (C=O) groups is 2. The highest BCUT2D eigenvalue weighted by molar-refractivity contribution is 5.85. The smallest absolute Gasteiger partial charge is 0.357 e. The van der Waals surface area contributed by atoms with Gasteiger partial charge in [-0.1, -0.05) is 0 Å². The maximum Gasteiger partial charge on any atom is 0.357 e. The van der Waals surface area contributed by atoms with Crippen LogP contribution in [0, 0.1) is 0 Å². The van der Waals surface area contributed by atoms with Crippen LogP contribution >= 0.6 is 0 Å². The molecule has 0 unspecified atom stereocenters. The van der Waals surface area contributed by atoms with Crippen LogP contribution < -0.4 is 4.90 Å². The molecule has 0 spiro atoms. The average Bonchev–Trinajstić information content (AvgIpc) is 3.10. The van der Waals surface area contributed by atoms with E-state index in [0.717, 1.165) is 17.7 Å². The number of aryl methyl sites for hydroxylation is 1. The van der Waals surface area contributed by atoms with E-state index in [4.69, 9.17) is 14.6 Å². The van der Waals surface area contributed by atoms with E-state index in [1.54, 1.807) is 0 Å². The van der Waals surface area contributed by atoms with Crippen LogP contribution in [0.3, 0.4) is 0 Å². The summed E-state index contributed by atoms with van der Waals surface area (Å²) in [6, 6.07) is 2.12. The number of hydrogen-bond acceptors (Lipinski definition) is 6. The van der Waals surface area contributed by atoms with Crippen LogP contribution in [0.1, 0.15) is 28.3 Å². The Kier molecular flexibility index (Phi) is 3.53. The lowest BCUT2D eigenvalue weighted by Gasteiger charge is -2.25. The number of aliphatic carboxylic acids is 1. The van der Waals surface area contributed by atoms with Gasteiger partial charge in [0, 0.05) is 13.0 Å². The molecule has 3 heterocycles. The van der Waals surface area contributed by atoms with E-state index < -0.39 is 11.9 Å². The number of anilines is 1. The molecule has 0 fully saturated rings. The summed E-state index contributed by atoms with van der Waals surface area (Å²) in [6.07, 6.45) is 1.54. The van der Waals surface area contributed by atoms with Gasteiger partial charge in [0.15, 0.2) is 5.69 Å². The molecule has 0 bridgehead atoms. The minimum absolute atomic E-state index is 0.0435. The van der Waals surface area contributed by atoms with Gasteiger partial charge in [-0.15, -0.1) is 0 Å². The number of oxazole rings is 1. The molecule has 9 nitrogen and oxygen atoms in total. The first kappa shape index (κ1) is 14.1. The molecule has 0 saturated heterocycles. The summed E-state index contributed by atoms with van der Waals surface area (Å²) >= 11 is 0. The van der Waals surface area contributed by atoms with Crippen molar-refractivity contribution in [3.05, 3.63) is 29.4 Å². The van der Waals surface area contributed by atoms with Gasteiger partial charge in [0.2, 0.25) is 0 Å². The van der Waals surface area contributed by atoms with Crippen molar-refractivity contribution in [3.8, 4) is 0 Å². The SMILES string of the molecule is O=C(O)CCc1cc2n(n1)CCN(c1nc(C(=O)O)co1)C2.